The Balaban J connectivity index is 0.00000338. The lowest BCUT2D eigenvalue weighted by Crippen LogP contribution is -2.38. The second-order valence-electron chi connectivity index (χ2n) is 6.24. The van der Waals surface area contributed by atoms with Crippen molar-refractivity contribution in [1.29, 1.82) is 0 Å². The van der Waals surface area contributed by atoms with Crippen LogP contribution >= 0.6 is 24.0 Å². The monoisotopic (exact) mass is 479 g/mol. The molecule has 1 heterocycles. The van der Waals surface area contributed by atoms with Gasteiger partial charge in [0.15, 0.2) is 5.96 Å². The molecule has 0 spiro atoms. The standard InChI is InChI=1S/C19H30FN3O2.HI/c1-3-21-19(23-14-16-6-5-15(2)18(20)13-16)22-9-4-10-25-17-7-11-24-12-8-17;/h5-6,13,17H,3-4,7-12,14H2,1-2H3,(H2,21,22,23);1H. The summed E-state index contributed by atoms with van der Waals surface area (Å²) >= 11 is 0. The normalized spacial score (nSPS) is 15.4. The van der Waals surface area contributed by atoms with E-state index in [1.54, 1.807) is 19.1 Å². The number of halogens is 2. The molecule has 1 aliphatic heterocycles. The average Bonchev–Trinajstić information content (AvgIpc) is 2.63. The fourth-order valence-corrected chi connectivity index (χ4v) is 2.62. The molecule has 0 unspecified atom stereocenters. The van der Waals surface area contributed by atoms with Crippen molar-refractivity contribution in [3.05, 3.63) is 35.1 Å². The van der Waals surface area contributed by atoms with Crippen molar-refractivity contribution in [2.24, 2.45) is 4.99 Å². The number of nitrogens with one attached hydrogen (secondary N) is 2. The first-order valence-electron chi connectivity index (χ1n) is 9.15. The van der Waals surface area contributed by atoms with E-state index in [-0.39, 0.29) is 29.8 Å². The number of aliphatic imine (C=N–C) groups is 1. The van der Waals surface area contributed by atoms with Crippen molar-refractivity contribution in [1.82, 2.24) is 10.6 Å². The Morgan fingerprint density at radius 1 is 1.31 bits per heavy atom. The third-order valence-corrected chi connectivity index (χ3v) is 4.14. The van der Waals surface area contributed by atoms with Gasteiger partial charge in [-0.1, -0.05) is 12.1 Å². The van der Waals surface area contributed by atoms with Crippen LogP contribution in [0, 0.1) is 12.7 Å². The topological polar surface area (TPSA) is 54.9 Å². The number of benzene rings is 1. The van der Waals surface area contributed by atoms with Gasteiger partial charge in [-0.25, -0.2) is 9.38 Å². The van der Waals surface area contributed by atoms with Crippen LogP contribution in [0.3, 0.4) is 0 Å². The summed E-state index contributed by atoms with van der Waals surface area (Å²) in [7, 11) is 0. The zero-order valence-corrected chi connectivity index (χ0v) is 18.1. The van der Waals surface area contributed by atoms with Crippen LogP contribution in [0.25, 0.3) is 0 Å². The molecule has 1 aromatic rings. The molecule has 0 aromatic heterocycles. The lowest BCUT2D eigenvalue weighted by atomic mass is 10.1. The molecule has 1 saturated heterocycles. The van der Waals surface area contributed by atoms with E-state index in [2.05, 4.69) is 15.6 Å². The number of nitrogens with zero attached hydrogens (tertiary/aromatic N) is 1. The van der Waals surface area contributed by atoms with Crippen LogP contribution < -0.4 is 10.6 Å². The first kappa shape index (κ1) is 23.1. The van der Waals surface area contributed by atoms with Gasteiger partial charge in [-0.05, 0) is 50.3 Å². The summed E-state index contributed by atoms with van der Waals surface area (Å²) in [5, 5.41) is 6.50. The molecule has 7 heteroatoms. The summed E-state index contributed by atoms with van der Waals surface area (Å²) in [6, 6.07) is 5.24. The lowest BCUT2D eigenvalue weighted by molar-refractivity contribution is -0.0320. The number of rotatable bonds is 8. The molecule has 1 fully saturated rings. The molecular formula is C19H31FIN3O2. The van der Waals surface area contributed by atoms with Crippen LogP contribution in [0.5, 0.6) is 0 Å². The average molecular weight is 479 g/mol. The molecule has 1 aromatic carbocycles. The Hall–Kier alpha value is -0.930. The summed E-state index contributed by atoms with van der Waals surface area (Å²) in [5.74, 6) is 0.561. The molecule has 2 N–H and O–H groups in total. The van der Waals surface area contributed by atoms with Crippen LogP contribution in [-0.4, -0.2) is 45.0 Å². The number of aryl methyl sites for hydroxylation is 1. The zero-order valence-electron chi connectivity index (χ0n) is 15.7. The fraction of sp³-hybridized carbons (Fsp3) is 0.632. The molecule has 0 atom stereocenters. The number of ether oxygens (including phenoxy) is 2. The minimum absolute atomic E-state index is 0. The van der Waals surface area contributed by atoms with E-state index in [0.29, 0.717) is 18.2 Å². The molecule has 0 bridgehead atoms. The van der Waals surface area contributed by atoms with Gasteiger partial charge in [-0.15, -0.1) is 24.0 Å². The van der Waals surface area contributed by atoms with Gasteiger partial charge in [0.2, 0.25) is 0 Å². The van der Waals surface area contributed by atoms with Gasteiger partial charge in [0, 0.05) is 32.9 Å². The minimum Gasteiger partial charge on any atom is -0.381 e. The predicted molar refractivity (Wildman–Crippen MR) is 114 cm³/mol. The van der Waals surface area contributed by atoms with Crippen LogP contribution in [0.15, 0.2) is 23.2 Å². The lowest BCUT2D eigenvalue weighted by Gasteiger charge is -2.22. The van der Waals surface area contributed by atoms with Crippen LogP contribution in [0.1, 0.15) is 37.3 Å². The molecule has 2 rings (SSSR count). The smallest absolute Gasteiger partial charge is 0.191 e. The van der Waals surface area contributed by atoms with E-state index in [0.717, 1.165) is 63.7 Å². The maximum absolute atomic E-state index is 13.6. The molecule has 0 saturated carbocycles. The van der Waals surface area contributed by atoms with E-state index >= 15 is 0 Å². The van der Waals surface area contributed by atoms with E-state index in [1.165, 1.54) is 0 Å². The van der Waals surface area contributed by atoms with Gasteiger partial charge in [0.1, 0.15) is 5.82 Å². The molecule has 0 amide bonds. The van der Waals surface area contributed by atoms with Gasteiger partial charge in [-0.2, -0.15) is 0 Å². The SMILES string of the molecule is CCNC(=NCc1ccc(C)c(F)c1)NCCCOC1CCOCC1.I. The highest BCUT2D eigenvalue weighted by Gasteiger charge is 2.13. The van der Waals surface area contributed by atoms with Gasteiger partial charge >= 0.3 is 0 Å². The Bertz CT molecular complexity index is 552. The number of hydrogen-bond donors (Lipinski definition) is 2. The molecular weight excluding hydrogens is 448 g/mol. The minimum atomic E-state index is -0.184. The van der Waals surface area contributed by atoms with Crippen molar-refractivity contribution < 1.29 is 13.9 Å². The van der Waals surface area contributed by atoms with Crippen molar-refractivity contribution in [2.75, 3.05) is 32.9 Å². The first-order chi connectivity index (χ1) is 12.2. The Morgan fingerprint density at radius 2 is 2.08 bits per heavy atom. The van der Waals surface area contributed by atoms with Gasteiger partial charge in [-0.3, -0.25) is 0 Å². The summed E-state index contributed by atoms with van der Waals surface area (Å²) < 4.78 is 24.8. The molecule has 0 radical (unpaired) electrons. The highest BCUT2D eigenvalue weighted by molar-refractivity contribution is 14.0. The predicted octanol–water partition coefficient (Wildman–Crippen LogP) is 3.39. The van der Waals surface area contributed by atoms with E-state index in [1.807, 2.05) is 13.0 Å². The Morgan fingerprint density at radius 3 is 2.77 bits per heavy atom. The molecule has 148 valence electrons. The quantitative estimate of drug-likeness (QED) is 0.260. The van der Waals surface area contributed by atoms with Crippen LogP contribution in [0.4, 0.5) is 4.39 Å². The van der Waals surface area contributed by atoms with Crippen molar-refractivity contribution >= 4 is 29.9 Å². The Kier molecular flexibility index (Phi) is 11.8. The maximum atomic E-state index is 13.6. The van der Waals surface area contributed by atoms with E-state index in [4.69, 9.17) is 9.47 Å². The molecule has 5 nitrogen and oxygen atoms in total. The highest BCUT2D eigenvalue weighted by atomic mass is 127. The largest absolute Gasteiger partial charge is 0.381 e. The summed E-state index contributed by atoms with van der Waals surface area (Å²) in [4.78, 5) is 4.51. The van der Waals surface area contributed by atoms with Crippen molar-refractivity contribution in [3.63, 3.8) is 0 Å². The van der Waals surface area contributed by atoms with E-state index in [9.17, 15) is 4.39 Å². The molecule has 26 heavy (non-hydrogen) atoms. The second-order valence-corrected chi connectivity index (χ2v) is 6.24. The van der Waals surface area contributed by atoms with Crippen LogP contribution in [0.2, 0.25) is 0 Å². The van der Waals surface area contributed by atoms with Gasteiger partial charge in [0.25, 0.3) is 0 Å². The zero-order chi connectivity index (χ0) is 17.9. The second kappa shape index (κ2) is 13.3. The Labute approximate surface area is 173 Å². The third kappa shape index (κ3) is 8.64. The maximum Gasteiger partial charge on any atom is 0.191 e. The summed E-state index contributed by atoms with van der Waals surface area (Å²) in [6.45, 7) is 8.16. The van der Waals surface area contributed by atoms with E-state index < -0.39 is 0 Å². The molecule has 1 aliphatic rings. The number of guanidine groups is 1. The van der Waals surface area contributed by atoms with Crippen LogP contribution in [-0.2, 0) is 16.0 Å². The number of hydrogen-bond acceptors (Lipinski definition) is 3. The summed E-state index contributed by atoms with van der Waals surface area (Å²) in [6.07, 6.45) is 3.24. The van der Waals surface area contributed by atoms with Gasteiger partial charge in [0.05, 0.1) is 12.6 Å². The summed E-state index contributed by atoms with van der Waals surface area (Å²) in [5.41, 5.74) is 1.52. The fourth-order valence-electron chi connectivity index (χ4n) is 2.62. The highest BCUT2D eigenvalue weighted by Crippen LogP contribution is 2.11. The molecule has 0 aliphatic carbocycles. The van der Waals surface area contributed by atoms with Crippen molar-refractivity contribution in [2.45, 2.75) is 45.8 Å². The van der Waals surface area contributed by atoms with Gasteiger partial charge < -0.3 is 20.1 Å². The first-order valence-corrected chi connectivity index (χ1v) is 9.15. The third-order valence-electron chi connectivity index (χ3n) is 4.14. The van der Waals surface area contributed by atoms with Crippen molar-refractivity contribution in [3.8, 4) is 0 Å².